The number of rotatable bonds is 2. The fourth-order valence-corrected chi connectivity index (χ4v) is 2.31. The van der Waals surface area contributed by atoms with Crippen LogP contribution in [0.3, 0.4) is 0 Å². The fourth-order valence-electron chi connectivity index (χ4n) is 1.38. The van der Waals surface area contributed by atoms with Gasteiger partial charge in [-0.05, 0) is 17.5 Å². The first-order valence-electron chi connectivity index (χ1n) is 4.43. The Morgan fingerprint density at radius 3 is 2.62 bits per heavy atom. The molecule has 1 nitrogen and oxygen atoms in total. The first kappa shape index (κ1) is 13.5. The Kier molecular flexibility index (Phi) is 4.74. The van der Waals surface area contributed by atoms with Crippen molar-refractivity contribution in [3.63, 3.8) is 0 Å². The van der Waals surface area contributed by atoms with Gasteiger partial charge in [-0.15, -0.1) is 23.7 Å². The van der Waals surface area contributed by atoms with Gasteiger partial charge in [0.2, 0.25) is 0 Å². The molecule has 0 saturated heterocycles. The largest absolute Gasteiger partial charge is 0.320 e. The SMILES string of the molecule is Cl.N[C@H](c1cccs1)c1cccc(Cl)c1F. The van der Waals surface area contributed by atoms with Gasteiger partial charge in [0.05, 0.1) is 11.1 Å². The van der Waals surface area contributed by atoms with Crippen molar-refractivity contribution in [1.82, 2.24) is 0 Å². The van der Waals surface area contributed by atoms with Gasteiger partial charge < -0.3 is 5.73 Å². The molecule has 0 bridgehead atoms. The molecule has 1 atom stereocenters. The van der Waals surface area contributed by atoms with Crippen molar-refractivity contribution in [2.45, 2.75) is 6.04 Å². The number of thiophene rings is 1. The van der Waals surface area contributed by atoms with Crippen molar-refractivity contribution in [3.8, 4) is 0 Å². The van der Waals surface area contributed by atoms with E-state index in [0.29, 0.717) is 5.56 Å². The first-order valence-corrected chi connectivity index (χ1v) is 5.69. The molecule has 0 aliphatic carbocycles. The maximum atomic E-state index is 13.6. The van der Waals surface area contributed by atoms with Crippen LogP contribution in [0.5, 0.6) is 0 Å². The highest BCUT2D eigenvalue weighted by molar-refractivity contribution is 7.10. The molecule has 0 amide bonds. The van der Waals surface area contributed by atoms with Gasteiger partial charge in [-0.25, -0.2) is 4.39 Å². The standard InChI is InChI=1S/C11H9ClFNS.ClH/c12-8-4-1-3-7(10(8)13)11(14)9-5-2-6-15-9;/h1-6,11H,14H2;1H/t11-;/m0./s1. The summed E-state index contributed by atoms with van der Waals surface area (Å²) in [6.07, 6.45) is 0. The zero-order chi connectivity index (χ0) is 10.8. The maximum Gasteiger partial charge on any atom is 0.146 e. The van der Waals surface area contributed by atoms with E-state index in [1.54, 1.807) is 12.1 Å². The lowest BCUT2D eigenvalue weighted by Crippen LogP contribution is -2.12. The zero-order valence-corrected chi connectivity index (χ0v) is 10.6. The molecule has 2 rings (SSSR count). The molecule has 0 unspecified atom stereocenters. The average molecular weight is 278 g/mol. The third-order valence-electron chi connectivity index (χ3n) is 2.17. The van der Waals surface area contributed by atoms with E-state index in [9.17, 15) is 4.39 Å². The molecule has 1 aromatic carbocycles. The average Bonchev–Trinajstić information content (AvgIpc) is 2.74. The molecule has 86 valence electrons. The highest BCUT2D eigenvalue weighted by Gasteiger charge is 2.15. The van der Waals surface area contributed by atoms with E-state index in [4.69, 9.17) is 17.3 Å². The third kappa shape index (κ3) is 2.55. The number of nitrogens with two attached hydrogens (primary N) is 1. The summed E-state index contributed by atoms with van der Waals surface area (Å²) in [5.74, 6) is -0.430. The quantitative estimate of drug-likeness (QED) is 0.882. The van der Waals surface area contributed by atoms with Crippen LogP contribution in [0, 0.1) is 5.82 Å². The van der Waals surface area contributed by atoms with E-state index in [0.717, 1.165) is 4.88 Å². The van der Waals surface area contributed by atoms with Crippen molar-refractivity contribution in [3.05, 3.63) is 57.0 Å². The van der Waals surface area contributed by atoms with Crippen molar-refractivity contribution < 1.29 is 4.39 Å². The molecule has 0 spiro atoms. The van der Waals surface area contributed by atoms with Gasteiger partial charge in [-0.1, -0.05) is 29.8 Å². The summed E-state index contributed by atoms with van der Waals surface area (Å²) >= 11 is 7.20. The highest BCUT2D eigenvalue weighted by Crippen LogP contribution is 2.28. The van der Waals surface area contributed by atoms with Gasteiger partial charge in [-0.3, -0.25) is 0 Å². The van der Waals surface area contributed by atoms with Gasteiger partial charge in [-0.2, -0.15) is 0 Å². The van der Waals surface area contributed by atoms with Gasteiger partial charge in [0, 0.05) is 10.4 Å². The van der Waals surface area contributed by atoms with Gasteiger partial charge in [0.25, 0.3) is 0 Å². The molecule has 0 radical (unpaired) electrons. The second kappa shape index (κ2) is 5.64. The van der Waals surface area contributed by atoms with Crippen LogP contribution in [0.15, 0.2) is 35.7 Å². The number of hydrogen-bond acceptors (Lipinski definition) is 2. The monoisotopic (exact) mass is 277 g/mol. The predicted octanol–water partition coefficient (Wildman–Crippen LogP) is 4.01. The van der Waals surface area contributed by atoms with Crippen LogP contribution in [-0.2, 0) is 0 Å². The van der Waals surface area contributed by atoms with Crippen LogP contribution in [0.25, 0.3) is 0 Å². The summed E-state index contributed by atoms with van der Waals surface area (Å²) in [6.45, 7) is 0. The molecule has 1 aromatic heterocycles. The second-order valence-corrected chi connectivity index (χ2v) is 4.52. The Balaban J connectivity index is 0.00000128. The van der Waals surface area contributed by atoms with Crippen LogP contribution >= 0.6 is 35.3 Å². The summed E-state index contributed by atoms with van der Waals surface area (Å²) in [6, 6.07) is 8.21. The Bertz CT molecular complexity index is 459. The minimum Gasteiger partial charge on any atom is -0.320 e. The molecular weight excluding hydrogens is 268 g/mol. The zero-order valence-electron chi connectivity index (χ0n) is 8.19. The lowest BCUT2D eigenvalue weighted by atomic mass is 10.1. The van der Waals surface area contributed by atoms with Crippen molar-refractivity contribution in [2.24, 2.45) is 5.73 Å². The van der Waals surface area contributed by atoms with Crippen LogP contribution in [0.1, 0.15) is 16.5 Å². The van der Waals surface area contributed by atoms with E-state index in [1.807, 2.05) is 17.5 Å². The van der Waals surface area contributed by atoms with E-state index < -0.39 is 11.9 Å². The Hall–Kier alpha value is -0.610. The summed E-state index contributed by atoms with van der Waals surface area (Å²) in [5, 5.41) is 2.02. The highest BCUT2D eigenvalue weighted by atomic mass is 35.5. The molecule has 2 N–H and O–H groups in total. The van der Waals surface area contributed by atoms with Gasteiger partial charge in [0.1, 0.15) is 5.82 Å². The molecule has 0 aliphatic rings. The summed E-state index contributed by atoms with van der Waals surface area (Å²) < 4.78 is 13.6. The molecule has 5 heteroatoms. The Morgan fingerprint density at radius 2 is 2.00 bits per heavy atom. The molecule has 2 aromatic rings. The van der Waals surface area contributed by atoms with Crippen LogP contribution in [0.2, 0.25) is 5.02 Å². The number of halogens is 3. The molecule has 0 saturated carbocycles. The van der Waals surface area contributed by atoms with Gasteiger partial charge >= 0.3 is 0 Å². The third-order valence-corrected chi connectivity index (χ3v) is 3.41. The van der Waals surface area contributed by atoms with Crippen LogP contribution in [-0.4, -0.2) is 0 Å². The molecule has 1 heterocycles. The smallest absolute Gasteiger partial charge is 0.146 e. The van der Waals surface area contributed by atoms with Crippen molar-refractivity contribution >= 4 is 35.3 Å². The Labute approximate surface area is 108 Å². The summed E-state index contributed by atoms with van der Waals surface area (Å²) in [7, 11) is 0. The molecule has 0 fully saturated rings. The first-order chi connectivity index (χ1) is 7.20. The van der Waals surface area contributed by atoms with E-state index in [1.165, 1.54) is 17.4 Å². The fraction of sp³-hybridized carbons (Fsp3) is 0.0909. The minimum atomic E-state index is -0.441. The van der Waals surface area contributed by atoms with Crippen LogP contribution < -0.4 is 5.73 Å². The summed E-state index contributed by atoms with van der Waals surface area (Å²) in [4.78, 5) is 0.927. The van der Waals surface area contributed by atoms with Crippen LogP contribution in [0.4, 0.5) is 4.39 Å². The molecular formula is C11H10Cl2FNS. The van der Waals surface area contributed by atoms with E-state index >= 15 is 0 Å². The minimum absolute atomic E-state index is 0. The Morgan fingerprint density at radius 1 is 1.25 bits per heavy atom. The lowest BCUT2D eigenvalue weighted by Gasteiger charge is -2.11. The van der Waals surface area contributed by atoms with Crippen molar-refractivity contribution in [2.75, 3.05) is 0 Å². The van der Waals surface area contributed by atoms with E-state index in [2.05, 4.69) is 0 Å². The topological polar surface area (TPSA) is 26.0 Å². The molecule has 0 aliphatic heterocycles. The van der Waals surface area contributed by atoms with Crippen molar-refractivity contribution in [1.29, 1.82) is 0 Å². The maximum absolute atomic E-state index is 13.6. The second-order valence-electron chi connectivity index (χ2n) is 3.14. The molecule has 16 heavy (non-hydrogen) atoms. The van der Waals surface area contributed by atoms with E-state index in [-0.39, 0.29) is 17.4 Å². The summed E-state index contributed by atoms with van der Waals surface area (Å²) in [5.41, 5.74) is 6.38. The number of hydrogen-bond donors (Lipinski definition) is 1. The van der Waals surface area contributed by atoms with Gasteiger partial charge in [0.15, 0.2) is 0 Å². The normalized spacial score (nSPS) is 11.9. The predicted molar refractivity (Wildman–Crippen MR) is 69.0 cm³/mol. The number of benzene rings is 1. The lowest BCUT2D eigenvalue weighted by molar-refractivity contribution is 0.601.